The monoisotopic (exact) mass is 274 g/mol. The van der Waals surface area contributed by atoms with E-state index in [9.17, 15) is 4.79 Å². The number of morpholine rings is 1. The molecule has 0 radical (unpaired) electrons. The molecule has 2 rings (SSSR count). The molecule has 1 aliphatic rings. The van der Waals surface area contributed by atoms with Crippen LogP contribution < -0.4 is 5.73 Å². The zero-order valence-electron chi connectivity index (χ0n) is 9.29. The summed E-state index contributed by atoms with van der Waals surface area (Å²) < 4.78 is 9.24. The molecule has 8 heteroatoms. The van der Waals surface area contributed by atoms with Gasteiger partial charge in [0.05, 0.1) is 13.2 Å². The highest BCUT2D eigenvalue weighted by molar-refractivity contribution is 7.99. The Morgan fingerprint density at radius 1 is 1.53 bits per heavy atom. The van der Waals surface area contributed by atoms with Crippen molar-refractivity contribution in [1.82, 2.24) is 14.3 Å². The third-order valence-electron chi connectivity index (χ3n) is 2.33. The molecule has 1 aliphatic heterocycles. The summed E-state index contributed by atoms with van der Waals surface area (Å²) in [6, 6.07) is 0. The number of anilines is 1. The fourth-order valence-electron chi connectivity index (χ4n) is 1.48. The van der Waals surface area contributed by atoms with E-state index in [-0.39, 0.29) is 5.91 Å². The minimum absolute atomic E-state index is 0.170. The molecule has 0 spiro atoms. The van der Waals surface area contributed by atoms with Crippen molar-refractivity contribution in [3.05, 3.63) is 0 Å². The third kappa shape index (κ3) is 3.83. The Hall–Kier alpha value is -0.860. The minimum Gasteiger partial charge on any atom is -0.378 e. The van der Waals surface area contributed by atoms with Gasteiger partial charge in [0.15, 0.2) is 0 Å². The highest BCUT2D eigenvalue weighted by atomic mass is 32.2. The normalized spacial score (nSPS) is 16.1. The number of hydrogen-bond acceptors (Lipinski definition) is 7. The number of carbonyl (C=O) groups is 1. The number of nitrogen functional groups attached to an aromatic ring is 1. The van der Waals surface area contributed by atoms with E-state index in [0.717, 1.165) is 0 Å². The second kappa shape index (κ2) is 6.18. The molecule has 2 heterocycles. The predicted molar refractivity (Wildman–Crippen MR) is 67.1 cm³/mol. The van der Waals surface area contributed by atoms with E-state index in [1.54, 1.807) is 0 Å². The maximum Gasteiger partial charge on any atom is 0.223 e. The molecular formula is C9H14N4O2S2. The van der Waals surface area contributed by atoms with Gasteiger partial charge in [-0.25, -0.2) is 0 Å². The molecule has 1 fully saturated rings. The summed E-state index contributed by atoms with van der Waals surface area (Å²) in [6.45, 7) is 2.68. The van der Waals surface area contributed by atoms with Crippen molar-refractivity contribution < 1.29 is 9.53 Å². The van der Waals surface area contributed by atoms with Gasteiger partial charge in [0, 0.05) is 36.8 Å². The summed E-state index contributed by atoms with van der Waals surface area (Å²) in [7, 11) is 0. The Morgan fingerprint density at radius 3 is 2.94 bits per heavy atom. The van der Waals surface area contributed by atoms with Gasteiger partial charge in [0.1, 0.15) is 0 Å². The molecule has 17 heavy (non-hydrogen) atoms. The third-order valence-corrected chi connectivity index (χ3v) is 3.84. The summed E-state index contributed by atoms with van der Waals surface area (Å²) in [6.07, 6.45) is 0.504. The Morgan fingerprint density at radius 2 is 2.29 bits per heavy atom. The fourth-order valence-corrected chi connectivity index (χ4v) is 2.82. The standard InChI is InChI=1S/C9H14N4O2S2/c10-8-11-9(12-17-8)16-6-1-7(14)13-2-4-15-5-3-13/h1-6H2,(H2,10,11,12). The minimum atomic E-state index is 0.170. The summed E-state index contributed by atoms with van der Waals surface area (Å²) in [5.74, 6) is 0.857. The first-order chi connectivity index (χ1) is 8.25. The zero-order valence-corrected chi connectivity index (χ0v) is 10.9. The number of amides is 1. The maximum atomic E-state index is 11.8. The highest BCUT2D eigenvalue weighted by Crippen LogP contribution is 2.18. The van der Waals surface area contributed by atoms with E-state index in [0.29, 0.717) is 48.8 Å². The molecule has 1 amide bonds. The van der Waals surface area contributed by atoms with Gasteiger partial charge >= 0.3 is 0 Å². The van der Waals surface area contributed by atoms with Crippen LogP contribution in [0.4, 0.5) is 5.13 Å². The van der Waals surface area contributed by atoms with Crippen LogP contribution >= 0.6 is 23.3 Å². The second-order valence-corrected chi connectivity index (χ2v) is 5.35. The van der Waals surface area contributed by atoms with Gasteiger partial charge in [0.25, 0.3) is 0 Å². The van der Waals surface area contributed by atoms with Crippen molar-refractivity contribution in [3.63, 3.8) is 0 Å². The SMILES string of the molecule is Nc1nc(SCCC(=O)N2CCOCC2)ns1. The number of nitrogens with zero attached hydrogens (tertiary/aromatic N) is 3. The average Bonchev–Trinajstić information content (AvgIpc) is 2.76. The van der Waals surface area contributed by atoms with Gasteiger partial charge in [-0.1, -0.05) is 11.8 Å². The van der Waals surface area contributed by atoms with E-state index in [1.807, 2.05) is 4.90 Å². The molecule has 0 saturated carbocycles. The summed E-state index contributed by atoms with van der Waals surface area (Å²) >= 11 is 2.64. The van der Waals surface area contributed by atoms with Crippen LogP contribution in [0.3, 0.4) is 0 Å². The molecule has 0 unspecified atom stereocenters. The van der Waals surface area contributed by atoms with Crippen molar-refractivity contribution in [2.45, 2.75) is 11.6 Å². The van der Waals surface area contributed by atoms with Crippen LogP contribution in [0.5, 0.6) is 0 Å². The molecule has 0 aromatic carbocycles. The lowest BCUT2D eigenvalue weighted by molar-refractivity contribution is -0.134. The van der Waals surface area contributed by atoms with Gasteiger partial charge in [0.2, 0.25) is 16.2 Å². The number of carbonyl (C=O) groups excluding carboxylic acids is 1. The van der Waals surface area contributed by atoms with Gasteiger partial charge in [-0.2, -0.15) is 9.36 Å². The van der Waals surface area contributed by atoms with Crippen molar-refractivity contribution in [2.75, 3.05) is 37.8 Å². The van der Waals surface area contributed by atoms with E-state index in [2.05, 4.69) is 9.36 Å². The molecule has 1 saturated heterocycles. The van der Waals surface area contributed by atoms with Crippen molar-refractivity contribution in [2.24, 2.45) is 0 Å². The summed E-state index contributed by atoms with van der Waals surface area (Å²) in [4.78, 5) is 17.7. The predicted octanol–water partition coefficient (Wildman–Crippen LogP) is 0.461. The Balaban J connectivity index is 1.69. The number of aromatic nitrogens is 2. The molecule has 6 nitrogen and oxygen atoms in total. The number of rotatable bonds is 4. The van der Waals surface area contributed by atoms with Gasteiger partial charge < -0.3 is 15.4 Å². The highest BCUT2D eigenvalue weighted by Gasteiger charge is 2.16. The molecule has 1 aromatic heterocycles. The molecule has 1 aromatic rings. The van der Waals surface area contributed by atoms with Crippen LogP contribution in [-0.4, -0.2) is 52.2 Å². The fraction of sp³-hybridized carbons (Fsp3) is 0.667. The first-order valence-electron chi connectivity index (χ1n) is 5.33. The first-order valence-corrected chi connectivity index (χ1v) is 7.09. The number of hydrogen-bond donors (Lipinski definition) is 1. The largest absolute Gasteiger partial charge is 0.378 e. The van der Waals surface area contributed by atoms with Crippen LogP contribution in [0.15, 0.2) is 5.16 Å². The molecule has 0 bridgehead atoms. The van der Waals surface area contributed by atoms with E-state index >= 15 is 0 Å². The lowest BCUT2D eigenvalue weighted by Gasteiger charge is -2.26. The van der Waals surface area contributed by atoms with Crippen LogP contribution in [-0.2, 0) is 9.53 Å². The Bertz CT molecular complexity index is 379. The quantitative estimate of drug-likeness (QED) is 0.803. The topological polar surface area (TPSA) is 81.3 Å². The van der Waals surface area contributed by atoms with Gasteiger partial charge in [-0.15, -0.1) is 0 Å². The van der Waals surface area contributed by atoms with E-state index < -0.39 is 0 Å². The summed E-state index contributed by atoms with van der Waals surface area (Å²) in [5, 5.41) is 1.12. The van der Waals surface area contributed by atoms with Crippen LogP contribution in [0.25, 0.3) is 0 Å². The Kier molecular flexibility index (Phi) is 4.57. The number of nitrogens with two attached hydrogens (primary N) is 1. The number of ether oxygens (including phenoxy) is 1. The van der Waals surface area contributed by atoms with Crippen LogP contribution in [0, 0.1) is 0 Å². The van der Waals surface area contributed by atoms with Crippen LogP contribution in [0.1, 0.15) is 6.42 Å². The van der Waals surface area contributed by atoms with Gasteiger partial charge in [-0.3, -0.25) is 4.79 Å². The van der Waals surface area contributed by atoms with Crippen molar-refractivity contribution >= 4 is 34.3 Å². The lowest BCUT2D eigenvalue weighted by Crippen LogP contribution is -2.40. The van der Waals surface area contributed by atoms with Crippen LogP contribution in [0.2, 0.25) is 0 Å². The molecule has 0 aliphatic carbocycles. The Labute approximate surface area is 108 Å². The van der Waals surface area contributed by atoms with Crippen molar-refractivity contribution in [1.29, 1.82) is 0 Å². The lowest BCUT2D eigenvalue weighted by atomic mass is 10.3. The zero-order chi connectivity index (χ0) is 12.1. The molecule has 0 atom stereocenters. The number of thioether (sulfide) groups is 1. The van der Waals surface area contributed by atoms with Crippen molar-refractivity contribution in [3.8, 4) is 0 Å². The summed E-state index contributed by atoms with van der Waals surface area (Å²) in [5.41, 5.74) is 5.47. The maximum absolute atomic E-state index is 11.8. The molecule has 2 N–H and O–H groups in total. The van der Waals surface area contributed by atoms with Gasteiger partial charge in [-0.05, 0) is 0 Å². The average molecular weight is 274 g/mol. The second-order valence-electron chi connectivity index (χ2n) is 3.51. The smallest absolute Gasteiger partial charge is 0.223 e. The first kappa shape index (κ1) is 12.6. The molecular weight excluding hydrogens is 260 g/mol. The van der Waals surface area contributed by atoms with E-state index in [4.69, 9.17) is 10.5 Å². The van der Waals surface area contributed by atoms with E-state index in [1.165, 1.54) is 23.3 Å². The molecule has 94 valence electrons.